The molecule has 0 saturated carbocycles. The fraction of sp³-hybridized carbons (Fsp3) is 0.0588. The van der Waals surface area contributed by atoms with Gasteiger partial charge in [-0.15, -0.1) is 0 Å². The maximum atomic E-state index is 12.0. The predicted molar refractivity (Wildman–Crippen MR) is 86.0 cm³/mol. The molecule has 2 aromatic rings. The third kappa shape index (κ3) is 4.59. The Balaban J connectivity index is 2.07. The molecule has 0 aliphatic carbocycles. The minimum Gasteiger partial charge on any atom is -0.347 e. The van der Waals surface area contributed by atoms with Crippen LogP contribution in [0.3, 0.4) is 0 Å². The highest BCUT2D eigenvalue weighted by Gasteiger charge is 2.08. The van der Waals surface area contributed by atoms with Gasteiger partial charge in [0.25, 0.3) is 5.91 Å². The highest BCUT2D eigenvalue weighted by Crippen LogP contribution is 2.14. The Morgan fingerprint density at radius 3 is 2.62 bits per heavy atom. The van der Waals surface area contributed by atoms with Gasteiger partial charge in [-0.1, -0.05) is 58.4 Å². The monoisotopic (exact) mass is 340 g/mol. The number of hydrogen-bond donors (Lipinski definition) is 1. The molecule has 0 heterocycles. The van der Waals surface area contributed by atoms with Gasteiger partial charge >= 0.3 is 0 Å². The molecule has 0 atom stereocenters. The van der Waals surface area contributed by atoms with Crippen molar-refractivity contribution in [2.75, 3.05) is 0 Å². The zero-order valence-electron chi connectivity index (χ0n) is 11.2. The van der Waals surface area contributed by atoms with E-state index in [0.717, 1.165) is 15.6 Å². The normalized spacial score (nSPS) is 10.8. The van der Waals surface area contributed by atoms with E-state index in [2.05, 4.69) is 21.2 Å². The van der Waals surface area contributed by atoms with Crippen LogP contribution in [0.25, 0.3) is 6.08 Å². The van der Waals surface area contributed by atoms with Crippen molar-refractivity contribution in [1.29, 1.82) is 5.26 Å². The molecule has 0 fully saturated rings. The summed E-state index contributed by atoms with van der Waals surface area (Å²) in [4.78, 5) is 12.0. The van der Waals surface area contributed by atoms with E-state index in [4.69, 9.17) is 5.26 Å². The molecule has 0 saturated heterocycles. The summed E-state index contributed by atoms with van der Waals surface area (Å²) in [5, 5.41) is 11.9. The summed E-state index contributed by atoms with van der Waals surface area (Å²) in [7, 11) is 0. The van der Waals surface area contributed by atoms with Crippen LogP contribution in [0.15, 0.2) is 64.6 Å². The fourth-order valence-electron chi connectivity index (χ4n) is 1.79. The van der Waals surface area contributed by atoms with Crippen LogP contribution < -0.4 is 5.32 Å². The molecular weight excluding hydrogens is 328 g/mol. The van der Waals surface area contributed by atoms with Crippen LogP contribution in [0, 0.1) is 11.3 Å². The lowest BCUT2D eigenvalue weighted by Crippen LogP contribution is -2.23. The van der Waals surface area contributed by atoms with Crippen molar-refractivity contribution in [3.63, 3.8) is 0 Å². The first-order valence-electron chi connectivity index (χ1n) is 6.38. The lowest BCUT2D eigenvalue weighted by molar-refractivity contribution is -0.117. The van der Waals surface area contributed by atoms with Crippen LogP contribution in [-0.4, -0.2) is 5.91 Å². The fourth-order valence-corrected chi connectivity index (χ4v) is 2.20. The minimum atomic E-state index is -0.374. The highest BCUT2D eigenvalue weighted by atomic mass is 79.9. The summed E-state index contributed by atoms with van der Waals surface area (Å²) in [6.07, 6.45) is 1.57. The maximum absolute atomic E-state index is 12.0. The van der Waals surface area contributed by atoms with Gasteiger partial charge in [0.05, 0.1) is 0 Å². The van der Waals surface area contributed by atoms with Crippen molar-refractivity contribution < 1.29 is 4.79 Å². The van der Waals surface area contributed by atoms with E-state index in [1.807, 2.05) is 60.7 Å². The van der Waals surface area contributed by atoms with Crippen molar-refractivity contribution in [2.24, 2.45) is 0 Å². The maximum Gasteiger partial charge on any atom is 0.262 e. The van der Waals surface area contributed by atoms with Crippen molar-refractivity contribution in [3.8, 4) is 6.07 Å². The number of amides is 1. The molecule has 0 aliphatic heterocycles. The first-order chi connectivity index (χ1) is 10.2. The third-order valence-corrected chi connectivity index (χ3v) is 3.31. The molecule has 0 radical (unpaired) electrons. The summed E-state index contributed by atoms with van der Waals surface area (Å²) in [5.41, 5.74) is 1.88. The average molecular weight is 341 g/mol. The molecule has 21 heavy (non-hydrogen) atoms. The molecule has 0 bridgehead atoms. The van der Waals surface area contributed by atoms with Crippen LogP contribution in [0.4, 0.5) is 0 Å². The van der Waals surface area contributed by atoms with Gasteiger partial charge in [-0.05, 0) is 29.3 Å². The number of rotatable bonds is 4. The number of nitrogens with zero attached hydrogens (tertiary/aromatic N) is 1. The largest absolute Gasteiger partial charge is 0.347 e. The number of carbonyl (C=O) groups is 1. The van der Waals surface area contributed by atoms with E-state index in [1.165, 1.54) is 0 Å². The van der Waals surface area contributed by atoms with Crippen LogP contribution in [0.2, 0.25) is 0 Å². The minimum absolute atomic E-state index is 0.0871. The molecule has 2 aromatic carbocycles. The zero-order chi connectivity index (χ0) is 15.1. The van der Waals surface area contributed by atoms with Crippen LogP contribution >= 0.6 is 15.9 Å². The number of carbonyl (C=O) groups excluding carboxylic acids is 1. The molecule has 104 valence electrons. The van der Waals surface area contributed by atoms with Gasteiger partial charge in [0.1, 0.15) is 11.6 Å². The van der Waals surface area contributed by atoms with Gasteiger partial charge in [-0.25, -0.2) is 0 Å². The van der Waals surface area contributed by atoms with E-state index in [0.29, 0.717) is 6.54 Å². The van der Waals surface area contributed by atoms with E-state index >= 15 is 0 Å². The van der Waals surface area contributed by atoms with Gasteiger partial charge in [0, 0.05) is 11.0 Å². The van der Waals surface area contributed by atoms with Crippen molar-refractivity contribution in [2.45, 2.75) is 6.54 Å². The predicted octanol–water partition coefficient (Wildman–Crippen LogP) is 3.67. The first kappa shape index (κ1) is 15.0. The zero-order valence-corrected chi connectivity index (χ0v) is 12.8. The molecule has 0 unspecified atom stereocenters. The number of nitriles is 1. The summed E-state index contributed by atoms with van der Waals surface area (Å²) in [6, 6.07) is 18.9. The van der Waals surface area contributed by atoms with E-state index < -0.39 is 0 Å². The second-order valence-electron chi connectivity index (χ2n) is 4.39. The molecule has 2 rings (SSSR count). The van der Waals surface area contributed by atoms with Gasteiger partial charge in [0.15, 0.2) is 0 Å². The quantitative estimate of drug-likeness (QED) is 0.681. The van der Waals surface area contributed by atoms with E-state index in [1.54, 1.807) is 6.08 Å². The lowest BCUT2D eigenvalue weighted by atomic mass is 10.1. The molecular formula is C17H13BrN2O. The van der Waals surface area contributed by atoms with Crippen molar-refractivity contribution >= 4 is 27.9 Å². The molecule has 4 heteroatoms. The molecule has 0 spiro atoms. The molecule has 1 N–H and O–H groups in total. The van der Waals surface area contributed by atoms with Crippen LogP contribution in [0.1, 0.15) is 11.1 Å². The standard InChI is InChI=1S/C17H13BrN2O/c18-16-8-4-7-14(10-16)9-15(11-19)17(21)20-12-13-5-2-1-3-6-13/h1-10H,12H2,(H,20,21). The Kier molecular flexibility index (Phi) is 5.30. The second-order valence-corrected chi connectivity index (χ2v) is 5.31. The van der Waals surface area contributed by atoms with E-state index in [9.17, 15) is 4.79 Å². The molecule has 0 aliphatic rings. The van der Waals surface area contributed by atoms with Gasteiger partial charge in [-0.2, -0.15) is 5.26 Å². The van der Waals surface area contributed by atoms with Crippen LogP contribution in [0.5, 0.6) is 0 Å². The lowest BCUT2D eigenvalue weighted by Gasteiger charge is -2.04. The molecule has 0 aromatic heterocycles. The Labute approximate surface area is 132 Å². The Hall–Kier alpha value is -2.38. The average Bonchev–Trinajstić information content (AvgIpc) is 2.51. The summed E-state index contributed by atoms with van der Waals surface area (Å²) in [5.74, 6) is -0.374. The van der Waals surface area contributed by atoms with Crippen molar-refractivity contribution in [1.82, 2.24) is 5.32 Å². The summed E-state index contributed by atoms with van der Waals surface area (Å²) < 4.78 is 0.901. The van der Waals surface area contributed by atoms with Crippen molar-refractivity contribution in [3.05, 3.63) is 75.8 Å². The topological polar surface area (TPSA) is 52.9 Å². The summed E-state index contributed by atoms with van der Waals surface area (Å²) in [6.45, 7) is 0.400. The Bertz CT molecular complexity index is 702. The SMILES string of the molecule is N#CC(=Cc1cccc(Br)c1)C(=O)NCc1ccccc1. The number of benzene rings is 2. The third-order valence-electron chi connectivity index (χ3n) is 2.82. The molecule has 3 nitrogen and oxygen atoms in total. The van der Waals surface area contributed by atoms with Gasteiger partial charge < -0.3 is 5.32 Å². The number of nitrogens with one attached hydrogen (secondary N) is 1. The van der Waals surface area contributed by atoms with E-state index in [-0.39, 0.29) is 11.5 Å². The van der Waals surface area contributed by atoms with Gasteiger partial charge in [-0.3, -0.25) is 4.79 Å². The Morgan fingerprint density at radius 2 is 1.95 bits per heavy atom. The summed E-state index contributed by atoms with van der Waals surface area (Å²) >= 11 is 3.36. The highest BCUT2D eigenvalue weighted by molar-refractivity contribution is 9.10. The second kappa shape index (κ2) is 7.41. The molecule has 1 amide bonds. The smallest absolute Gasteiger partial charge is 0.262 e. The first-order valence-corrected chi connectivity index (χ1v) is 7.18. The number of halogens is 1. The van der Waals surface area contributed by atoms with Gasteiger partial charge in [0.2, 0.25) is 0 Å². The van der Waals surface area contributed by atoms with Crippen LogP contribution in [-0.2, 0) is 11.3 Å². The number of hydrogen-bond acceptors (Lipinski definition) is 2. The Morgan fingerprint density at radius 1 is 1.19 bits per heavy atom.